The molecule has 2 aliphatic rings. The molecule has 0 unspecified atom stereocenters. The molecule has 12 rings (SSSR count). The summed E-state index contributed by atoms with van der Waals surface area (Å²) in [5.74, 6) is 0. The summed E-state index contributed by atoms with van der Waals surface area (Å²) in [7, 11) is 0. The van der Waals surface area contributed by atoms with Crippen LogP contribution in [0.4, 0.5) is 17.1 Å². The van der Waals surface area contributed by atoms with E-state index < -0.39 is 5.41 Å². The number of benzene rings is 9. The second kappa shape index (κ2) is 13.0. The van der Waals surface area contributed by atoms with E-state index in [9.17, 15) is 0 Å². The lowest BCUT2D eigenvalue weighted by molar-refractivity contribution is 0.658. The summed E-state index contributed by atoms with van der Waals surface area (Å²) in [6.45, 7) is 4.68. The number of hydrogen-bond acceptors (Lipinski definition) is 2. The third kappa shape index (κ3) is 4.94. The molecule has 2 heteroatoms. The van der Waals surface area contributed by atoms with Gasteiger partial charge in [-0.15, -0.1) is 0 Å². The number of fused-ring (bicyclic) bond motifs is 9. The molecule has 1 heterocycles. The Bertz CT molecular complexity index is 3230. The highest BCUT2D eigenvalue weighted by Crippen LogP contribution is 2.57. The number of nitrogens with zero attached hydrogens (tertiary/aromatic N) is 1. The Morgan fingerprint density at radius 1 is 0.350 bits per heavy atom. The molecule has 284 valence electrons. The third-order valence-electron chi connectivity index (χ3n) is 13.3. The molecule has 0 amide bonds. The molecule has 60 heavy (non-hydrogen) atoms. The van der Waals surface area contributed by atoms with Gasteiger partial charge in [-0.1, -0.05) is 172 Å². The Kier molecular flexibility index (Phi) is 7.52. The molecule has 2 aliphatic carbocycles. The monoisotopic (exact) mass is 767 g/mol. The van der Waals surface area contributed by atoms with E-state index in [4.69, 9.17) is 4.42 Å². The molecule has 9 aromatic carbocycles. The average Bonchev–Trinajstić information content (AvgIpc) is 3.90. The first-order valence-corrected chi connectivity index (χ1v) is 20.9. The number of rotatable bonds is 6. The maximum atomic E-state index is 6.66. The second-order valence-electron chi connectivity index (χ2n) is 16.9. The van der Waals surface area contributed by atoms with Crippen molar-refractivity contribution >= 4 is 39.0 Å². The summed E-state index contributed by atoms with van der Waals surface area (Å²) in [5, 5.41) is 2.26. The standard InChI is InChI=1S/C58H41NO/c1-57(2)51-24-14-12-22-45(51)48-37-56-50(36-54(48)57)49-35-44(31-33-55(49)60-56)59(42-28-26-39(27-29-42)38-16-6-3-7-17-38)43-30-32-53-47(34-43)46-23-13-15-25-52(46)58(53,40-18-8-4-9-19-40)41-20-10-5-11-21-41/h3-37H,1-2H3. The van der Waals surface area contributed by atoms with Crippen molar-refractivity contribution in [2.24, 2.45) is 0 Å². The molecule has 2 nitrogen and oxygen atoms in total. The summed E-state index contributed by atoms with van der Waals surface area (Å²) in [6, 6.07) is 77.9. The fourth-order valence-electron chi connectivity index (χ4n) is 10.6. The van der Waals surface area contributed by atoms with Gasteiger partial charge in [-0.2, -0.15) is 0 Å². The van der Waals surface area contributed by atoms with Gasteiger partial charge >= 0.3 is 0 Å². The van der Waals surface area contributed by atoms with Gasteiger partial charge in [-0.25, -0.2) is 0 Å². The van der Waals surface area contributed by atoms with E-state index >= 15 is 0 Å². The van der Waals surface area contributed by atoms with E-state index in [1.807, 2.05) is 0 Å². The molecule has 10 aromatic rings. The molecule has 1 aromatic heterocycles. The average molecular weight is 768 g/mol. The van der Waals surface area contributed by atoms with Crippen LogP contribution in [0.2, 0.25) is 0 Å². The largest absolute Gasteiger partial charge is 0.456 e. The molecule has 0 spiro atoms. The number of hydrogen-bond donors (Lipinski definition) is 0. The zero-order chi connectivity index (χ0) is 40.0. The zero-order valence-electron chi connectivity index (χ0n) is 33.6. The second-order valence-corrected chi connectivity index (χ2v) is 16.9. The van der Waals surface area contributed by atoms with E-state index in [0.29, 0.717) is 0 Å². The topological polar surface area (TPSA) is 16.4 Å². The van der Waals surface area contributed by atoms with Crippen molar-refractivity contribution in [1.29, 1.82) is 0 Å². The minimum absolute atomic E-state index is 0.108. The van der Waals surface area contributed by atoms with Gasteiger partial charge in [0.25, 0.3) is 0 Å². The summed E-state index contributed by atoms with van der Waals surface area (Å²) in [4.78, 5) is 2.41. The fraction of sp³-hybridized carbons (Fsp3) is 0.0690. The van der Waals surface area contributed by atoms with Gasteiger partial charge in [-0.3, -0.25) is 0 Å². The lowest BCUT2D eigenvalue weighted by atomic mass is 9.68. The summed E-state index contributed by atoms with van der Waals surface area (Å²) >= 11 is 0. The molecule has 0 aliphatic heterocycles. The van der Waals surface area contributed by atoms with E-state index in [1.165, 1.54) is 66.8 Å². The smallest absolute Gasteiger partial charge is 0.136 e. The fourth-order valence-corrected chi connectivity index (χ4v) is 10.6. The van der Waals surface area contributed by atoms with Crippen LogP contribution in [0.3, 0.4) is 0 Å². The van der Waals surface area contributed by atoms with Gasteiger partial charge in [-0.05, 0) is 121 Å². The molecular weight excluding hydrogens is 727 g/mol. The van der Waals surface area contributed by atoms with Crippen molar-refractivity contribution in [3.63, 3.8) is 0 Å². The lowest BCUT2D eigenvalue weighted by Gasteiger charge is -2.34. The van der Waals surface area contributed by atoms with Crippen LogP contribution in [0.5, 0.6) is 0 Å². The van der Waals surface area contributed by atoms with Crippen molar-refractivity contribution in [3.05, 3.63) is 246 Å². The SMILES string of the molecule is CC1(C)c2ccccc2-c2cc3oc4ccc(N(c5ccc(-c6ccccc6)cc5)c5ccc6c(c5)-c5ccccc5C6(c5ccccc5)c5ccccc5)cc4c3cc21. The molecule has 0 atom stereocenters. The molecule has 0 saturated heterocycles. The Morgan fingerprint density at radius 2 is 0.850 bits per heavy atom. The first kappa shape index (κ1) is 34.6. The van der Waals surface area contributed by atoms with Crippen LogP contribution in [-0.2, 0) is 10.8 Å². The zero-order valence-corrected chi connectivity index (χ0v) is 33.6. The molecule has 0 bridgehead atoms. The van der Waals surface area contributed by atoms with Crippen molar-refractivity contribution in [1.82, 2.24) is 0 Å². The quantitative estimate of drug-likeness (QED) is 0.168. The minimum Gasteiger partial charge on any atom is -0.456 e. The van der Waals surface area contributed by atoms with Gasteiger partial charge in [0.1, 0.15) is 11.2 Å². The van der Waals surface area contributed by atoms with Crippen LogP contribution in [0.15, 0.2) is 217 Å². The molecular formula is C58H41NO. The molecule has 0 radical (unpaired) electrons. The van der Waals surface area contributed by atoms with Gasteiger partial charge in [0.05, 0.1) is 5.41 Å². The lowest BCUT2D eigenvalue weighted by Crippen LogP contribution is -2.28. The van der Waals surface area contributed by atoms with Gasteiger partial charge < -0.3 is 9.32 Å². The van der Waals surface area contributed by atoms with Gasteiger partial charge in [0.2, 0.25) is 0 Å². The first-order chi connectivity index (χ1) is 29.5. The van der Waals surface area contributed by atoms with Crippen LogP contribution in [-0.4, -0.2) is 0 Å². The third-order valence-corrected chi connectivity index (χ3v) is 13.3. The van der Waals surface area contributed by atoms with Crippen LogP contribution >= 0.6 is 0 Å². The molecule has 0 N–H and O–H groups in total. The predicted octanol–water partition coefficient (Wildman–Crippen LogP) is 15.4. The summed E-state index contributed by atoms with van der Waals surface area (Å²) < 4.78 is 6.66. The van der Waals surface area contributed by atoms with E-state index in [0.717, 1.165) is 39.0 Å². The summed E-state index contributed by atoms with van der Waals surface area (Å²) in [5.41, 5.74) is 19.8. The number of furan rings is 1. The van der Waals surface area contributed by atoms with Crippen molar-refractivity contribution in [2.75, 3.05) is 4.90 Å². The highest BCUT2D eigenvalue weighted by molar-refractivity contribution is 6.09. The van der Waals surface area contributed by atoms with Crippen LogP contribution in [0.25, 0.3) is 55.3 Å². The van der Waals surface area contributed by atoms with E-state index in [-0.39, 0.29) is 5.41 Å². The number of anilines is 3. The van der Waals surface area contributed by atoms with Crippen molar-refractivity contribution in [3.8, 4) is 33.4 Å². The Morgan fingerprint density at radius 3 is 1.55 bits per heavy atom. The predicted molar refractivity (Wildman–Crippen MR) is 249 cm³/mol. The highest BCUT2D eigenvalue weighted by Gasteiger charge is 2.46. The van der Waals surface area contributed by atoms with Crippen molar-refractivity contribution < 1.29 is 4.42 Å². The van der Waals surface area contributed by atoms with Crippen LogP contribution in [0, 0.1) is 0 Å². The first-order valence-electron chi connectivity index (χ1n) is 20.9. The van der Waals surface area contributed by atoms with E-state index in [1.54, 1.807) is 0 Å². The maximum Gasteiger partial charge on any atom is 0.136 e. The van der Waals surface area contributed by atoms with Crippen LogP contribution in [0.1, 0.15) is 47.2 Å². The van der Waals surface area contributed by atoms with E-state index in [2.05, 4.69) is 231 Å². The minimum atomic E-state index is -0.461. The normalized spacial score (nSPS) is 14.1. The Balaban J connectivity index is 1.07. The molecule has 0 fully saturated rings. The highest BCUT2D eigenvalue weighted by atomic mass is 16.3. The van der Waals surface area contributed by atoms with Gasteiger partial charge in [0.15, 0.2) is 0 Å². The molecule has 0 saturated carbocycles. The maximum absolute atomic E-state index is 6.66. The summed E-state index contributed by atoms with van der Waals surface area (Å²) in [6.07, 6.45) is 0. The van der Waals surface area contributed by atoms with Crippen molar-refractivity contribution in [2.45, 2.75) is 24.7 Å². The Labute approximate surface area is 350 Å². The van der Waals surface area contributed by atoms with Crippen LogP contribution < -0.4 is 4.90 Å². The Hall–Kier alpha value is -7.42. The van der Waals surface area contributed by atoms with Gasteiger partial charge in [0, 0.05) is 33.2 Å².